The molecule has 116 valence electrons. The number of hydrogen-bond acceptors (Lipinski definition) is 3. The van der Waals surface area contributed by atoms with Gasteiger partial charge < -0.3 is 15.2 Å². The van der Waals surface area contributed by atoms with E-state index in [2.05, 4.69) is 13.0 Å². The first-order valence-corrected chi connectivity index (χ1v) is 7.69. The van der Waals surface area contributed by atoms with Crippen molar-refractivity contribution in [2.75, 3.05) is 13.2 Å². The summed E-state index contributed by atoms with van der Waals surface area (Å²) in [5.41, 5.74) is 8.65. The van der Waals surface area contributed by atoms with Gasteiger partial charge in [-0.3, -0.25) is 0 Å². The fraction of sp³-hybridized carbons (Fsp3) is 0.235. The van der Waals surface area contributed by atoms with Gasteiger partial charge in [0, 0.05) is 5.02 Å². The number of hydrogen-bond donors (Lipinski definition) is 1. The fourth-order valence-electron chi connectivity index (χ4n) is 2.00. The Morgan fingerprint density at radius 2 is 1.77 bits per heavy atom. The van der Waals surface area contributed by atoms with Crippen LogP contribution in [0.15, 0.2) is 36.4 Å². The second-order valence-corrected chi connectivity index (χ2v) is 5.78. The average Bonchev–Trinajstić information content (AvgIpc) is 2.48. The Bertz CT molecular complexity index is 688. The molecule has 0 aliphatic rings. The molecule has 2 aromatic carbocycles. The van der Waals surface area contributed by atoms with Crippen LogP contribution in [0.5, 0.6) is 11.5 Å². The highest BCUT2D eigenvalue weighted by atomic mass is 35.5. The zero-order chi connectivity index (χ0) is 16.1. The van der Waals surface area contributed by atoms with Crippen molar-refractivity contribution < 1.29 is 9.47 Å². The van der Waals surface area contributed by atoms with Gasteiger partial charge >= 0.3 is 0 Å². The summed E-state index contributed by atoms with van der Waals surface area (Å²) in [6.07, 6.45) is 0. The van der Waals surface area contributed by atoms with Crippen LogP contribution >= 0.6 is 23.8 Å². The summed E-state index contributed by atoms with van der Waals surface area (Å²) in [5, 5.41) is 0.571. The van der Waals surface area contributed by atoms with Gasteiger partial charge in [0.05, 0.1) is 5.56 Å². The van der Waals surface area contributed by atoms with E-state index in [1.807, 2.05) is 19.1 Å². The van der Waals surface area contributed by atoms with Crippen molar-refractivity contribution >= 4 is 28.8 Å². The molecular formula is C17H18ClNO2S. The third-order valence-electron chi connectivity index (χ3n) is 3.36. The van der Waals surface area contributed by atoms with Crippen LogP contribution in [0.25, 0.3) is 0 Å². The number of aryl methyl sites for hydroxylation is 1. The van der Waals surface area contributed by atoms with Gasteiger partial charge in [-0.1, -0.05) is 36.0 Å². The van der Waals surface area contributed by atoms with Gasteiger partial charge in [0.1, 0.15) is 29.7 Å². The molecule has 2 N–H and O–H groups in total. The van der Waals surface area contributed by atoms with Gasteiger partial charge in [-0.25, -0.2) is 0 Å². The molecule has 3 nitrogen and oxygen atoms in total. The number of halogens is 1. The smallest absolute Gasteiger partial charge is 0.129 e. The maximum Gasteiger partial charge on any atom is 0.129 e. The number of rotatable bonds is 6. The van der Waals surface area contributed by atoms with Gasteiger partial charge in [-0.15, -0.1) is 0 Å². The van der Waals surface area contributed by atoms with E-state index in [9.17, 15) is 0 Å². The minimum Gasteiger partial charge on any atom is -0.490 e. The zero-order valence-corrected chi connectivity index (χ0v) is 14.1. The Hall–Kier alpha value is -1.78. The molecule has 22 heavy (non-hydrogen) atoms. The SMILES string of the molecule is Cc1cccc(OCCOc2ccc(Cl)cc2C(N)=S)c1C. The van der Waals surface area contributed by atoms with E-state index in [4.69, 9.17) is 39.0 Å². The summed E-state index contributed by atoms with van der Waals surface area (Å²) in [4.78, 5) is 0.257. The lowest BCUT2D eigenvalue weighted by Gasteiger charge is -2.13. The number of ether oxygens (including phenoxy) is 2. The molecule has 0 unspecified atom stereocenters. The predicted octanol–water partition coefficient (Wildman–Crippen LogP) is 4.05. The summed E-state index contributed by atoms with van der Waals surface area (Å²) in [6, 6.07) is 11.2. The predicted molar refractivity (Wildman–Crippen MR) is 94.2 cm³/mol. The molecule has 0 aliphatic carbocycles. The highest BCUT2D eigenvalue weighted by Crippen LogP contribution is 2.23. The molecule has 0 aromatic heterocycles. The Labute approximate surface area is 141 Å². The van der Waals surface area contributed by atoms with E-state index in [1.54, 1.807) is 18.2 Å². The van der Waals surface area contributed by atoms with Crippen molar-refractivity contribution in [1.29, 1.82) is 0 Å². The summed E-state index contributed by atoms with van der Waals surface area (Å²) in [5.74, 6) is 1.48. The fourth-order valence-corrected chi connectivity index (χ4v) is 2.34. The van der Waals surface area contributed by atoms with Crippen LogP contribution in [0.1, 0.15) is 16.7 Å². The molecular weight excluding hydrogens is 318 g/mol. The number of nitrogens with two attached hydrogens (primary N) is 1. The Kier molecular flexibility index (Phi) is 5.63. The standard InChI is InChI=1S/C17H18ClNO2S/c1-11-4-3-5-15(12(11)2)20-8-9-21-16-7-6-13(18)10-14(16)17(19)22/h3-7,10H,8-9H2,1-2H3,(H2,19,22). The van der Waals surface area contributed by atoms with Crippen molar-refractivity contribution in [3.8, 4) is 11.5 Å². The summed E-state index contributed by atoms with van der Waals surface area (Å²) in [7, 11) is 0. The molecule has 0 aliphatic heterocycles. The third-order valence-corrected chi connectivity index (χ3v) is 3.82. The zero-order valence-electron chi connectivity index (χ0n) is 12.6. The molecule has 0 amide bonds. The molecule has 0 atom stereocenters. The first-order chi connectivity index (χ1) is 10.5. The summed E-state index contributed by atoms with van der Waals surface area (Å²) in [6.45, 7) is 4.92. The first-order valence-electron chi connectivity index (χ1n) is 6.90. The normalized spacial score (nSPS) is 10.3. The number of thiocarbonyl (C=S) groups is 1. The van der Waals surface area contributed by atoms with Crippen molar-refractivity contribution in [2.45, 2.75) is 13.8 Å². The van der Waals surface area contributed by atoms with E-state index in [0.29, 0.717) is 29.5 Å². The highest BCUT2D eigenvalue weighted by molar-refractivity contribution is 7.80. The summed E-state index contributed by atoms with van der Waals surface area (Å²) >= 11 is 10.9. The lowest BCUT2D eigenvalue weighted by molar-refractivity contribution is 0.216. The van der Waals surface area contributed by atoms with Crippen LogP contribution in [-0.2, 0) is 0 Å². The van der Waals surface area contributed by atoms with Crippen LogP contribution in [0, 0.1) is 13.8 Å². The van der Waals surface area contributed by atoms with Gasteiger partial charge in [-0.05, 0) is 49.2 Å². The topological polar surface area (TPSA) is 44.5 Å². The van der Waals surface area contributed by atoms with Crippen molar-refractivity contribution in [3.05, 3.63) is 58.1 Å². The van der Waals surface area contributed by atoms with Crippen LogP contribution < -0.4 is 15.2 Å². The maximum absolute atomic E-state index is 5.94. The molecule has 0 fully saturated rings. The summed E-state index contributed by atoms with van der Waals surface area (Å²) < 4.78 is 11.4. The highest BCUT2D eigenvalue weighted by Gasteiger charge is 2.08. The average molecular weight is 336 g/mol. The van der Waals surface area contributed by atoms with Gasteiger partial charge in [0.25, 0.3) is 0 Å². The molecule has 0 heterocycles. The first kappa shape index (κ1) is 16.6. The van der Waals surface area contributed by atoms with Gasteiger partial charge in [0.15, 0.2) is 0 Å². The Balaban J connectivity index is 1.94. The molecule has 0 saturated heterocycles. The van der Waals surface area contributed by atoms with E-state index in [1.165, 1.54) is 5.56 Å². The second-order valence-electron chi connectivity index (χ2n) is 4.90. The van der Waals surface area contributed by atoms with E-state index in [-0.39, 0.29) is 4.99 Å². The van der Waals surface area contributed by atoms with Crippen LogP contribution in [0.4, 0.5) is 0 Å². The maximum atomic E-state index is 5.94. The van der Waals surface area contributed by atoms with Crippen molar-refractivity contribution in [1.82, 2.24) is 0 Å². The quantitative estimate of drug-likeness (QED) is 0.639. The monoisotopic (exact) mass is 335 g/mol. The molecule has 0 radical (unpaired) electrons. The van der Waals surface area contributed by atoms with E-state index < -0.39 is 0 Å². The van der Waals surface area contributed by atoms with Crippen LogP contribution in [0.2, 0.25) is 5.02 Å². The van der Waals surface area contributed by atoms with Crippen LogP contribution in [0.3, 0.4) is 0 Å². The second kappa shape index (κ2) is 7.47. The van der Waals surface area contributed by atoms with Crippen LogP contribution in [-0.4, -0.2) is 18.2 Å². The molecule has 0 spiro atoms. The molecule has 5 heteroatoms. The molecule has 2 aromatic rings. The van der Waals surface area contributed by atoms with Crippen molar-refractivity contribution in [2.24, 2.45) is 5.73 Å². The lowest BCUT2D eigenvalue weighted by atomic mass is 10.1. The number of benzene rings is 2. The lowest BCUT2D eigenvalue weighted by Crippen LogP contribution is -2.15. The van der Waals surface area contributed by atoms with Gasteiger partial charge in [0.2, 0.25) is 0 Å². The Morgan fingerprint density at radius 1 is 1.09 bits per heavy atom. The minimum atomic E-state index is 0.257. The minimum absolute atomic E-state index is 0.257. The largest absolute Gasteiger partial charge is 0.490 e. The molecule has 0 saturated carbocycles. The third kappa shape index (κ3) is 4.12. The van der Waals surface area contributed by atoms with E-state index >= 15 is 0 Å². The van der Waals surface area contributed by atoms with Gasteiger partial charge in [-0.2, -0.15) is 0 Å². The van der Waals surface area contributed by atoms with Crippen molar-refractivity contribution in [3.63, 3.8) is 0 Å². The van der Waals surface area contributed by atoms with E-state index in [0.717, 1.165) is 11.3 Å². The molecule has 0 bridgehead atoms. The Morgan fingerprint density at radius 3 is 2.45 bits per heavy atom. The molecule has 2 rings (SSSR count).